The van der Waals surface area contributed by atoms with Gasteiger partial charge < -0.3 is 20.3 Å². The van der Waals surface area contributed by atoms with Gasteiger partial charge in [0.1, 0.15) is 12.3 Å². The van der Waals surface area contributed by atoms with Crippen LogP contribution in [-0.2, 0) is 6.54 Å². The Morgan fingerprint density at radius 2 is 1.88 bits per heavy atom. The van der Waals surface area contributed by atoms with Gasteiger partial charge in [-0.25, -0.2) is 0 Å². The van der Waals surface area contributed by atoms with Gasteiger partial charge in [0.25, 0.3) is 5.91 Å². The summed E-state index contributed by atoms with van der Waals surface area (Å²) in [4.78, 5) is 12.5. The molecule has 1 unspecified atom stereocenters. The Kier molecular flexibility index (Phi) is 6.04. The predicted molar refractivity (Wildman–Crippen MR) is 101 cm³/mol. The summed E-state index contributed by atoms with van der Waals surface area (Å²) < 4.78 is 5.84. The average Bonchev–Trinajstić information content (AvgIpc) is 2.59. The van der Waals surface area contributed by atoms with Crippen molar-refractivity contribution in [1.29, 1.82) is 0 Å². The fraction of sp³-hybridized carbons (Fsp3) is 0.350. The van der Waals surface area contributed by atoms with Crippen LogP contribution in [0.3, 0.4) is 0 Å². The van der Waals surface area contributed by atoms with Gasteiger partial charge in [0.15, 0.2) is 6.17 Å². The lowest BCUT2D eigenvalue weighted by Crippen LogP contribution is -2.56. The third-order valence-electron chi connectivity index (χ3n) is 4.45. The summed E-state index contributed by atoms with van der Waals surface area (Å²) in [6, 6.07) is 15.1. The summed E-state index contributed by atoms with van der Waals surface area (Å²) in [5.41, 5.74) is 8.42. The highest BCUT2D eigenvalue weighted by molar-refractivity contribution is 5.94. The van der Waals surface area contributed by atoms with Gasteiger partial charge >= 0.3 is 0 Å². The number of quaternary nitrogens is 1. The molecule has 2 aromatic rings. The number of hydrogen-bond acceptors (Lipinski definition) is 3. The minimum absolute atomic E-state index is 0.00367. The van der Waals surface area contributed by atoms with E-state index in [-0.39, 0.29) is 12.1 Å². The van der Waals surface area contributed by atoms with Crippen molar-refractivity contribution in [3.05, 3.63) is 59.7 Å². The molecule has 0 radical (unpaired) electrons. The van der Waals surface area contributed by atoms with E-state index >= 15 is 0 Å². The first-order valence-corrected chi connectivity index (χ1v) is 8.48. The van der Waals surface area contributed by atoms with Crippen LogP contribution in [0.2, 0.25) is 0 Å². The first-order valence-electron chi connectivity index (χ1n) is 8.48. The van der Waals surface area contributed by atoms with Crippen LogP contribution in [0.25, 0.3) is 0 Å². The van der Waals surface area contributed by atoms with Crippen LogP contribution in [-0.4, -0.2) is 37.8 Å². The molecule has 0 heterocycles. The number of nitrogens with one attached hydrogen (secondary N) is 1. The first kappa shape index (κ1) is 18.8. The second kappa shape index (κ2) is 8.03. The maximum absolute atomic E-state index is 12.5. The van der Waals surface area contributed by atoms with Crippen molar-refractivity contribution in [3.63, 3.8) is 0 Å². The molecule has 0 fully saturated rings. The molecule has 1 amide bonds. The quantitative estimate of drug-likeness (QED) is 0.462. The summed E-state index contributed by atoms with van der Waals surface area (Å²) in [7, 11) is 5.83. The van der Waals surface area contributed by atoms with Gasteiger partial charge in [-0.15, -0.1) is 0 Å². The van der Waals surface area contributed by atoms with Gasteiger partial charge in [-0.3, -0.25) is 4.79 Å². The average molecular weight is 342 g/mol. The maximum Gasteiger partial charge on any atom is 0.255 e. The molecule has 2 aromatic carbocycles. The number of nitrogens with two attached hydrogens (primary N) is 1. The van der Waals surface area contributed by atoms with E-state index in [4.69, 9.17) is 10.5 Å². The number of nitrogen functional groups attached to an aromatic ring is 1. The van der Waals surface area contributed by atoms with Crippen molar-refractivity contribution >= 4 is 11.6 Å². The van der Waals surface area contributed by atoms with E-state index in [1.807, 2.05) is 48.5 Å². The normalized spacial score (nSPS) is 12.5. The third kappa shape index (κ3) is 4.73. The number of ether oxygens (including phenoxy) is 1. The third-order valence-corrected chi connectivity index (χ3v) is 4.45. The summed E-state index contributed by atoms with van der Waals surface area (Å²) >= 11 is 0. The second-order valence-electron chi connectivity index (χ2n) is 6.78. The van der Waals surface area contributed by atoms with Gasteiger partial charge in [0.05, 0.1) is 26.9 Å². The molecule has 5 nitrogen and oxygen atoms in total. The Balaban J connectivity index is 2.12. The van der Waals surface area contributed by atoms with E-state index in [2.05, 4.69) is 26.3 Å². The zero-order chi connectivity index (χ0) is 18.4. The molecule has 1 atom stereocenters. The monoisotopic (exact) mass is 342 g/mol. The molecule has 0 aromatic heterocycles. The highest BCUT2D eigenvalue weighted by atomic mass is 16.5. The maximum atomic E-state index is 12.5. The number of rotatable bonds is 7. The molecule has 2 rings (SSSR count). The van der Waals surface area contributed by atoms with Crippen molar-refractivity contribution in [2.45, 2.75) is 26.1 Å². The molecular weight excluding hydrogens is 314 g/mol. The Labute approximate surface area is 150 Å². The van der Waals surface area contributed by atoms with Gasteiger partial charge in [-0.2, -0.15) is 0 Å². The summed E-state index contributed by atoms with van der Waals surface area (Å²) in [5.74, 6) is 0.631. The first-order chi connectivity index (χ1) is 11.9. The predicted octanol–water partition coefficient (Wildman–Crippen LogP) is 3.02. The molecule has 0 saturated heterocycles. The highest BCUT2D eigenvalue weighted by Gasteiger charge is 2.29. The Morgan fingerprint density at radius 1 is 1.20 bits per heavy atom. The van der Waals surface area contributed by atoms with E-state index in [1.54, 1.807) is 7.11 Å². The van der Waals surface area contributed by atoms with Crippen LogP contribution in [0.5, 0.6) is 5.75 Å². The summed E-state index contributed by atoms with van der Waals surface area (Å²) in [5, 5.41) is 3.16. The Morgan fingerprint density at radius 3 is 2.44 bits per heavy atom. The smallest absolute Gasteiger partial charge is 0.255 e. The number of methoxy groups -OCH3 is 1. The molecule has 134 valence electrons. The summed E-state index contributed by atoms with van der Waals surface area (Å²) in [6.45, 7) is 2.83. The van der Waals surface area contributed by atoms with Crippen molar-refractivity contribution in [2.24, 2.45) is 0 Å². The number of carbonyl (C=O) groups is 1. The number of amides is 1. The SMILES string of the molecule is CCC(NC(=O)c1ccccc1)[N+](C)(C)Cc1ccc(OC)c(N)c1. The molecule has 0 aliphatic carbocycles. The van der Waals surface area contributed by atoms with Crippen molar-refractivity contribution in [1.82, 2.24) is 5.32 Å². The molecule has 0 aliphatic rings. The number of hydrogen-bond donors (Lipinski definition) is 2. The zero-order valence-electron chi connectivity index (χ0n) is 15.5. The Bertz CT molecular complexity index is 714. The van der Waals surface area contributed by atoms with Crippen molar-refractivity contribution < 1.29 is 14.0 Å². The standard InChI is InChI=1S/C20H27N3O2/c1-5-19(22-20(24)16-9-7-6-8-10-16)23(2,3)14-15-11-12-18(25-4)17(21)13-15/h6-13,19H,5,14,21H2,1-4H3/p+1. The van der Waals surface area contributed by atoms with E-state index in [1.165, 1.54) is 0 Å². The second-order valence-corrected chi connectivity index (χ2v) is 6.78. The topological polar surface area (TPSA) is 64.3 Å². The van der Waals surface area contributed by atoms with Crippen LogP contribution in [0.15, 0.2) is 48.5 Å². The molecule has 25 heavy (non-hydrogen) atoms. The Hall–Kier alpha value is -2.53. The lowest BCUT2D eigenvalue weighted by molar-refractivity contribution is -0.930. The highest BCUT2D eigenvalue weighted by Crippen LogP contribution is 2.24. The summed E-state index contributed by atoms with van der Waals surface area (Å²) in [6.07, 6.45) is 0.827. The van der Waals surface area contributed by atoms with Gasteiger partial charge in [0.2, 0.25) is 0 Å². The largest absolute Gasteiger partial charge is 0.495 e. The number of benzene rings is 2. The van der Waals surface area contributed by atoms with Crippen molar-refractivity contribution in [3.8, 4) is 5.75 Å². The molecule has 0 bridgehead atoms. The number of anilines is 1. The minimum Gasteiger partial charge on any atom is -0.495 e. The van der Waals surface area contributed by atoms with E-state index in [0.29, 0.717) is 21.5 Å². The van der Waals surface area contributed by atoms with Gasteiger partial charge in [0, 0.05) is 17.5 Å². The molecule has 5 heteroatoms. The van der Waals surface area contributed by atoms with E-state index < -0.39 is 0 Å². The van der Waals surface area contributed by atoms with E-state index in [0.717, 1.165) is 18.5 Å². The van der Waals surface area contributed by atoms with Gasteiger partial charge in [-0.05, 0) is 30.3 Å². The molecule has 0 spiro atoms. The van der Waals surface area contributed by atoms with Gasteiger partial charge in [-0.1, -0.05) is 25.1 Å². The fourth-order valence-corrected chi connectivity index (χ4v) is 3.06. The lowest BCUT2D eigenvalue weighted by Gasteiger charge is -2.38. The van der Waals surface area contributed by atoms with Crippen LogP contribution in [0.1, 0.15) is 29.3 Å². The zero-order valence-corrected chi connectivity index (χ0v) is 15.5. The van der Waals surface area contributed by atoms with Crippen LogP contribution in [0, 0.1) is 0 Å². The molecular formula is C20H28N3O2+. The lowest BCUT2D eigenvalue weighted by atomic mass is 10.1. The van der Waals surface area contributed by atoms with Crippen LogP contribution in [0.4, 0.5) is 5.69 Å². The molecule has 3 N–H and O–H groups in total. The van der Waals surface area contributed by atoms with Crippen molar-refractivity contribution in [2.75, 3.05) is 26.9 Å². The molecule has 0 aliphatic heterocycles. The number of carbonyl (C=O) groups excluding carboxylic acids is 1. The van der Waals surface area contributed by atoms with Crippen LogP contribution < -0.4 is 15.8 Å². The molecule has 0 saturated carbocycles. The van der Waals surface area contributed by atoms with E-state index in [9.17, 15) is 4.79 Å². The van der Waals surface area contributed by atoms with Crippen LogP contribution >= 0.6 is 0 Å². The fourth-order valence-electron chi connectivity index (χ4n) is 3.06. The number of nitrogens with zero attached hydrogens (tertiary/aromatic N) is 1. The minimum atomic E-state index is -0.0482.